The van der Waals surface area contributed by atoms with Crippen LogP contribution in [0.15, 0.2) is 0 Å². The van der Waals surface area contributed by atoms with E-state index in [2.05, 4.69) is 19.2 Å². The van der Waals surface area contributed by atoms with E-state index in [0.29, 0.717) is 25.9 Å². The van der Waals surface area contributed by atoms with Gasteiger partial charge in [-0.15, -0.1) is 0 Å². The molecule has 0 aromatic heterocycles. The third-order valence-electron chi connectivity index (χ3n) is 4.57. The Labute approximate surface area is 122 Å². The fraction of sp³-hybridized carbons (Fsp3) is 1.00. The molecule has 0 amide bonds. The number of hydrogen-bond acceptors (Lipinski definition) is 5. The molecule has 1 heterocycles. The first-order valence-corrected chi connectivity index (χ1v) is 7.62. The topological polar surface area (TPSA) is 49.0 Å². The fourth-order valence-corrected chi connectivity index (χ4v) is 2.93. The molecule has 0 aromatic carbocycles. The van der Waals surface area contributed by atoms with Crippen molar-refractivity contribution in [1.29, 1.82) is 0 Å². The Morgan fingerprint density at radius 1 is 1.30 bits per heavy atom. The molecule has 118 valence electrons. The van der Waals surface area contributed by atoms with Gasteiger partial charge in [-0.1, -0.05) is 0 Å². The quantitative estimate of drug-likeness (QED) is 0.806. The van der Waals surface area contributed by atoms with Crippen molar-refractivity contribution in [3.63, 3.8) is 0 Å². The zero-order valence-corrected chi connectivity index (χ0v) is 13.2. The molecule has 2 fully saturated rings. The summed E-state index contributed by atoms with van der Waals surface area (Å²) in [4.78, 5) is 0. The first-order chi connectivity index (χ1) is 9.50. The number of nitrogens with one attached hydrogen (secondary N) is 1. The Kier molecular flexibility index (Phi) is 5.42. The highest BCUT2D eigenvalue weighted by molar-refractivity contribution is 4.92. The van der Waals surface area contributed by atoms with Gasteiger partial charge in [-0.3, -0.25) is 0 Å². The van der Waals surface area contributed by atoms with Crippen molar-refractivity contribution >= 4 is 0 Å². The van der Waals surface area contributed by atoms with Gasteiger partial charge in [0.2, 0.25) is 0 Å². The third-order valence-corrected chi connectivity index (χ3v) is 4.57. The second-order valence-electron chi connectivity index (χ2n) is 6.37. The van der Waals surface area contributed by atoms with E-state index in [9.17, 15) is 0 Å². The summed E-state index contributed by atoms with van der Waals surface area (Å²) in [5, 5.41) is 3.35. The lowest BCUT2D eigenvalue weighted by molar-refractivity contribution is -0.207. The number of hydrogen-bond donors (Lipinski definition) is 1. The molecule has 20 heavy (non-hydrogen) atoms. The molecule has 2 rings (SSSR count). The largest absolute Gasteiger partial charge is 0.379 e. The summed E-state index contributed by atoms with van der Waals surface area (Å²) >= 11 is 0. The average molecular weight is 287 g/mol. The molecule has 1 spiro atoms. The Morgan fingerprint density at radius 2 is 2.00 bits per heavy atom. The molecule has 1 aliphatic carbocycles. The highest BCUT2D eigenvalue weighted by Crippen LogP contribution is 2.37. The van der Waals surface area contributed by atoms with Crippen molar-refractivity contribution in [2.75, 3.05) is 34.0 Å². The van der Waals surface area contributed by atoms with Gasteiger partial charge in [-0.05, 0) is 33.7 Å². The minimum Gasteiger partial charge on any atom is -0.379 e. The predicted octanol–water partition coefficient (Wildman–Crippen LogP) is 1.70. The lowest BCUT2D eigenvalue weighted by Crippen LogP contribution is -2.51. The van der Waals surface area contributed by atoms with Crippen LogP contribution in [0.3, 0.4) is 0 Å². The second-order valence-corrected chi connectivity index (χ2v) is 6.37. The lowest BCUT2D eigenvalue weighted by atomic mass is 9.87. The molecule has 1 saturated heterocycles. The minimum absolute atomic E-state index is 0.137. The Hall–Kier alpha value is -0.200. The van der Waals surface area contributed by atoms with Crippen LogP contribution < -0.4 is 5.32 Å². The molecule has 0 aromatic rings. The van der Waals surface area contributed by atoms with Crippen molar-refractivity contribution in [2.24, 2.45) is 0 Å². The average Bonchev–Trinajstić information content (AvgIpc) is 2.87. The second kappa shape index (κ2) is 6.71. The van der Waals surface area contributed by atoms with E-state index in [1.54, 1.807) is 7.11 Å². The molecule has 2 aliphatic rings. The highest BCUT2D eigenvalue weighted by atomic mass is 16.7. The molecule has 2 unspecified atom stereocenters. The van der Waals surface area contributed by atoms with Crippen LogP contribution in [0.25, 0.3) is 0 Å². The zero-order chi connectivity index (χ0) is 14.6. The van der Waals surface area contributed by atoms with E-state index in [-0.39, 0.29) is 11.7 Å². The molecule has 1 saturated carbocycles. The van der Waals surface area contributed by atoms with Gasteiger partial charge in [-0.2, -0.15) is 0 Å². The number of ether oxygens (including phenoxy) is 4. The maximum Gasteiger partial charge on any atom is 0.171 e. The predicted molar refractivity (Wildman–Crippen MR) is 76.8 cm³/mol. The molecule has 1 aliphatic heterocycles. The van der Waals surface area contributed by atoms with Gasteiger partial charge in [0.1, 0.15) is 0 Å². The monoisotopic (exact) mass is 287 g/mol. The molecule has 5 heteroatoms. The first kappa shape index (κ1) is 16.2. The molecular formula is C15H29NO4. The number of methoxy groups -OCH3 is 1. The SMILES string of the molecule is CNC1CCC2(CC1OCCC(C)(C)OC)OCCO2. The summed E-state index contributed by atoms with van der Waals surface area (Å²) in [6.45, 7) is 6.26. The summed E-state index contributed by atoms with van der Waals surface area (Å²) < 4.78 is 23.2. The van der Waals surface area contributed by atoms with Crippen LogP contribution in [-0.2, 0) is 18.9 Å². The van der Waals surface area contributed by atoms with E-state index >= 15 is 0 Å². The smallest absolute Gasteiger partial charge is 0.171 e. The zero-order valence-electron chi connectivity index (χ0n) is 13.2. The molecule has 5 nitrogen and oxygen atoms in total. The Bertz CT molecular complexity index is 302. The lowest BCUT2D eigenvalue weighted by Gasteiger charge is -2.41. The minimum atomic E-state index is -0.394. The number of rotatable bonds is 6. The van der Waals surface area contributed by atoms with Crippen molar-refractivity contribution in [3.8, 4) is 0 Å². The van der Waals surface area contributed by atoms with Crippen molar-refractivity contribution < 1.29 is 18.9 Å². The van der Waals surface area contributed by atoms with Crippen LogP contribution in [0.1, 0.15) is 39.5 Å². The number of likely N-dealkylation sites (N-methyl/N-ethyl adjacent to an activating group) is 1. The molecule has 1 N–H and O–H groups in total. The summed E-state index contributed by atoms with van der Waals surface area (Å²) in [5.74, 6) is -0.394. The maximum absolute atomic E-state index is 6.11. The van der Waals surface area contributed by atoms with Crippen LogP contribution >= 0.6 is 0 Å². The standard InChI is InChI=1S/C15H29NO4/c1-14(2,17-4)7-8-18-13-11-15(19-9-10-20-15)6-5-12(13)16-3/h12-13,16H,5-11H2,1-4H3. The van der Waals surface area contributed by atoms with Gasteiger partial charge in [0, 0.05) is 32.6 Å². The third kappa shape index (κ3) is 3.92. The highest BCUT2D eigenvalue weighted by Gasteiger charge is 2.45. The normalized spacial score (nSPS) is 30.0. The summed E-state index contributed by atoms with van der Waals surface area (Å²) in [5.41, 5.74) is -0.137. The van der Waals surface area contributed by atoms with Crippen molar-refractivity contribution in [3.05, 3.63) is 0 Å². The van der Waals surface area contributed by atoms with Gasteiger partial charge in [0.15, 0.2) is 5.79 Å². The van der Waals surface area contributed by atoms with Crippen LogP contribution in [0, 0.1) is 0 Å². The van der Waals surface area contributed by atoms with Gasteiger partial charge in [-0.25, -0.2) is 0 Å². The Morgan fingerprint density at radius 3 is 2.60 bits per heavy atom. The van der Waals surface area contributed by atoms with Crippen LogP contribution in [0.5, 0.6) is 0 Å². The van der Waals surface area contributed by atoms with Crippen LogP contribution in [0.4, 0.5) is 0 Å². The molecule has 2 atom stereocenters. The summed E-state index contributed by atoms with van der Waals surface area (Å²) in [6, 6.07) is 0.374. The maximum atomic E-state index is 6.11. The van der Waals surface area contributed by atoms with Crippen LogP contribution in [0.2, 0.25) is 0 Å². The van der Waals surface area contributed by atoms with Crippen molar-refractivity contribution in [2.45, 2.75) is 63.1 Å². The first-order valence-electron chi connectivity index (χ1n) is 7.62. The molecular weight excluding hydrogens is 258 g/mol. The van der Waals surface area contributed by atoms with E-state index in [1.165, 1.54) is 0 Å². The summed E-state index contributed by atoms with van der Waals surface area (Å²) in [6.07, 6.45) is 3.80. The van der Waals surface area contributed by atoms with E-state index < -0.39 is 5.79 Å². The summed E-state index contributed by atoms with van der Waals surface area (Å²) in [7, 11) is 3.74. The van der Waals surface area contributed by atoms with E-state index in [4.69, 9.17) is 18.9 Å². The Balaban J connectivity index is 1.86. The van der Waals surface area contributed by atoms with Crippen LogP contribution in [-0.4, -0.2) is 57.5 Å². The van der Waals surface area contributed by atoms with E-state index in [1.807, 2.05) is 7.05 Å². The van der Waals surface area contributed by atoms with Gasteiger partial charge in [0.05, 0.1) is 24.9 Å². The molecule has 0 radical (unpaired) electrons. The van der Waals surface area contributed by atoms with Gasteiger partial charge >= 0.3 is 0 Å². The van der Waals surface area contributed by atoms with E-state index in [0.717, 1.165) is 25.7 Å². The molecule has 0 bridgehead atoms. The van der Waals surface area contributed by atoms with Gasteiger partial charge in [0.25, 0.3) is 0 Å². The van der Waals surface area contributed by atoms with Gasteiger partial charge < -0.3 is 24.3 Å². The van der Waals surface area contributed by atoms with Crippen molar-refractivity contribution in [1.82, 2.24) is 5.32 Å². The fourth-order valence-electron chi connectivity index (χ4n) is 2.93.